The number of ether oxygens (including phenoxy) is 2. The molecule has 0 bridgehead atoms. The molecule has 0 unspecified atom stereocenters. The zero-order valence-corrected chi connectivity index (χ0v) is 20.8. The van der Waals surface area contributed by atoms with Crippen molar-refractivity contribution in [2.24, 2.45) is 0 Å². The molecule has 2 aliphatic carbocycles. The highest BCUT2D eigenvalue weighted by Crippen LogP contribution is 2.46. The smallest absolute Gasteiger partial charge is 0.337 e. The molecule has 0 amide bonds. The van der Waals surface area contributed by atoms with E-state index in [1.807, 2.05) is 30.5 Å². The van der Waals surface area contributed by atoms with Gasteiger partial charge in [-0.1, -0.05) is 18.2 Å². The minimum Gasteiger partial charge on any atom is -0.459 e. The lowest BCUT2D eigenvalue weighted by molar-refractivity contribution is -0.144. The molecule has 2 aromatic rings. The average Bonchev–Trinajstić information content (AvgIpc) is 3.53. The van der Waals surface area contributed by atoms with Crippen LogP contribution in [-0.4, -0.2) is 23.8 Å². The Morgan fingerprint density at radius 1 is 1.06 bits per heavy atom. The number of benzene rings is 1. The maximum Gasteiger partial charge on any atom is 0.337 e. The van der Waals surface area contributed by atoms with Gasteiger partial charge in [-0.2, -0.15) is 0 Å². The number of hydrogen-bond donors (Lipinski definition) is 1. The molecule has 5 rings (SSSR count). The molecule has 2 heterocycles. The van der Waals surface area contributed by atoms with Crippen LogP contribution in [0.2, 0.25) is 0 Å². The Morgan fingerprint density at radius 3 is 2.46 bits per heavy atom. The number of carbonyl (C=O) groups is 3. The van der Waals surface area contributed by atoms with E-state index in [1.54, 1.807) is 23.5 Å². The molecule has 2 atom stereocenters. The van der Waals surface area contributed by atoms with E-state index in [2.05, 4.69) is 11.4 Å². The van der Waals surface area contributed by atoms with Gasteiger partial charge in [0.05, 0.1) is 5.57 Å². The molecule has 3 aliphatic rings. The second-order valence-electron chi connectivity index (χ2n) is 9.51. The molecule has 1 aliphatic heterocycles. The number of allylic oxidation sites excluding steroid dienone is 3. The zero-order chi connectivity index (χ0) is 24.5. The Kier molecular flexibility index (Phi) is 6.60. The first kappa shape index (κ1) is 23.5. The van der Waals surface area contributed by atoms with Crippen LogP contribution in [0.3, 0.4) is 0 Å². The topological polar surface area (TPSA) is 81.7 Å². The van der Waals surface area contributed by atoms with Crippen LogP contribution >= 0.6 is 11.3 Å². The quantitative estimate of drug-likeness (QED) is 0.438. The van der Waals surface area contributed by atoms with Gasteiger partial charge in [-0.25, -0.2) is 4.79 Å². The van der Waals surface area contributed by atoms with Gasteiger partial charge in [0.25, 0.3) is 0 Å². The second-order valence-corrected chi connectivity index (χ2v) is 10.5. The van der Waals surface area contributed by atoms with E-state index in [0.29, 0.717) is 29.7 Å². The average molecular weight is 492 g/mol. The van der Waals surface area contributed by atoms with E-state index in [4.69, 9.17) is 9.47 Å². The highest BCUT2D eigenvalue weighted by atomic mass is 32.1. The van der Waals surface area contributed by atoms with Crippen molar-refractivity contribution < 1.29 is 23.9 Å². The van der Waals surface area contributed by atoms with Crippen LogP contribution in [0, 0.1) is 0 Å². The van der Waals surface area contributed by atoms with Crippen LogP contribution in [0.1, 0.15) is 74.6 Å². The zero-order valence-electron chi connectivity index (χ0n) is 20.0. The van der Waals surface area contributed by atoms with E-state index < -0.39 is 11.9 Å². The van der Waals surface area contributed by atoms with Crippen LogP contribution < -0.4 is 10.1 Å². The van der Waals surface area contributed by atoms with Crippen LogP contribution in [0.25, 0.3) is 0 Å². The van der Waals surface area contributed by atoms with E-state index in [0.717, 1.165) is 42.6 Å². The van der Waals surface area contributed by atoms with Crippen molar-refractivity contribution in [2.75, 3.05) is 0 Å². The Bertz CT molecular complexity index is 1200. The predicted molar refractivity (Wildman–Crippen MR) is 133 cm³/mol. The van der Waals surface area contributed by atoms with Gasteiger partial charge in [-0.05, 0) is 68.2 Å². The SMILES string of the molecule is CC(=O)Oc1ccc([C@H]2C(C(=O)OC3CCCC3)=C(C)NC3=C2C(=O)C[C@H](c2cccs2)C3)cc1. The number of rotatable bonds is 5. The van der Waals surface area contributed by atoms with Gasteiger partial charge in [0.2, 0.25) is 0 Å². The Hall–Kier alpha value is -3.19. The molecule has 1 saturated carbocycles. The normalized spacial score (nSPS) is 22.6. The Morgan fingerprint density at radius 2 is 1.80 bits per heavy atom. The van der Waals surface area contributed by atoms with E-state index >= 15 is 0 Å². The molecule has 182 valence electrons. The number of thiophene rings is 1. The number of Topliss-reactive ketones (excluding diaryl/α,β-unsaturated/α-hetero) is 1. The molecule has 35 heavy (non-hydrogen) atoms. The van der Waals surface area contributed by atoms with E-state index in [1.165, 1.54) is 11.8 Å². The number of ketones is 1. The summed E-state index contributed by atoms with van der Waals surface area (Å²) < 4.78 is 11.1. The largest absolute Gasteiger partial charge is 0.459 e. The molecule has 6 nitrogen and oxygen atoms in total. The Balaban J connectivity index is 1.53. The summed E-state index contributed by atoms with van der Waals surface area (Å²) >= 11 is 1.67. The first-order chi connectivity index (χ1) is 16.9. The monoisotopic (exact) mass is 491 g/mol. The maximum absolute atomic E-state index is 13.6. The molecule has 0 spiro atoms. The van der Waals surface area contributed by atoms with Crippen LogP contribution in [0.15, 0.2) is 64.3 Å². The van der Waals surface area contributed by atoms with E-state index in [9.17, 15) is 14.4 Å². The minimum atomic E-state index is -0.525. The lowest BCUT2D eigenvalue weighted by atomic mass is 9.72. The van der Waals surface area contributed by atoms with Gasteiger partial charge in [-0.15, -0.1) is 11.3 Å². The molecular formula is C28H29NO5S. The minimum absolute atomic E-state index is 0.0462. The summed E-state index contributed by atoms with van der Waals surface area (Å²) in [4.78, 5) is 39.6. The number of hydrogen-bond acceptors (Lipinski definition) is 7. The van der Waals surface area contributed by atoms with E-state index in [-0.39, 0.29) is 23.8 Å². The molecule has 7 heteroatoms. The number of esters is 2. The standard InChI is InChI=1S/C28H29NO5S/c1-16-25(28(32)34-20-6-3-4-7-20)26(18-9-11-21(12-10-18)33-17(2)30)27-22(29-16)14-19(15-23(27)31)24-8-5-13-35-24/h5,8-13,19-20,26,29H,3-4,6-7,14-15H2,1-2H3/t19-,26+/m1/s1. The predicted octanol–water partition coefficient (Wildman–Crippen LogP) is 5.52. The summed E-state index contributed by atoms with van der Waals surface area (Å²) in [6.45, 7) is 3.24. The van der Waals surface area contributed by atoms with Crippen LogP contribution in [-0.2, 0) is 19.1 Å². The van der Waals surface area contributed by atoms with Crippen molar-refractivity contribution in [1.82, 2.24) is 5.32 Å². The van der Waals surface area contributed by atoms with Crippen LogP contribution in [0.4, 0.5) is 0 Å². The van der Waals surface area contributed by atoms with Crippen molar-refractivity contribution >= 4 is 29.1 Å². The van der Waals surface area contributed by atoms with Crippen molar-refractivity contribution in [3.63, 3.8) is 0 Å². The fourth-order valence-corrected chi connectivity index (χ4v) is 6.31. The second kappa shape index (κ2) is 9.82. The first-order valence-corrected chi connectivity index (χ1v) is 13.1. The lowest BCUT2D eigenvalue weighted by Crippen LogP contribution is -2.36. The first-order valence-electron chi connectivity index (χ1n) is 12.2. The van der Waals surface area contributed by atoms with Crippen molar-refractivity contribution in [3.05, 3.63) is 74.8 Å². The molecule has 0 saturated heterocycles. The van der Waals surface area contributed by atoms with Gasteiger partial charge < -0.3 is 14.8 Å². The third kappa shape index (κ3) is 4.82. The number of nitrogens with one attached hydrogen (secondary N) is 1. The molecule has 1 fully saturated rings. The third-order valence-corrected chi connectivity index (χ3v) is 8.08. The van der Waals surface area contributed by atoms with Crippen LogP contribution in [0.5, 0.6) is 5.75 Å². The highest BCUT2D eigenvalue weighted by molar-refractivity contribution is 7.10. The van der Waals surface area contributed by atoms with Gasteiger partial charge in [0, 0.05) is 47.0 Å². The number of carbonyl (C=O) groups excluding carboxylic acids is 3. The van der Waals surface area contributed by atoms with Crippen molar-refractivity contribution in [2.45, 2.75) is 70.3 Å². The van der Waals surface area contributed by atoms with Gasteiger partial charge in [0.15, 0.2) is 5.78 Å². The lowest BCUT2D eigenvalue weighted by Gasteiger charge is -2.36. The fourth-order valence-electron chi connectivity index (χ4n) is 5.48. The molecular weight excluding hydrogens is 462 g/mol. The summed E-state index contributed by atoms with van der Waals surface area (Å²) in [5.41, 5.74) is 3.53. The van der Waals surface area contributed by atoms with Gasteiger partial charge >= 0.3 is 11.9 Å². The van der Waals surface area contributed by atoms with Crippen molar-refractivity contribution in [3.8, 4) is 5.75 Å². The molecule has 1 N–H and O–H groups in total. The summed E-state index contributed by atoms with van der Waals surface area (Å²) in [5, 5.41) is 5.44. The summed E-state index contributed by atoms with van der Waals surface area (Å²) in [7, 11) is 0. The summed E-state index contributed by atoms with van der Waals surface area (Å²) in [6, 6.07) is 11.2. The summed E-state index contributed by atoms with van der Waals surface area (Å²) in [5.74, 6) is -0.694. The molecule has 0 radical (unpaired) electrons. The Labute approximate surface area is 209 Å². The molecule has 1 aromatic carbocycles. The maximum atomic E-state index is 13.6. The third-order valence-electron chi connectivity index (χ3n) is 7.04. The van der Waals surface area contributed by atoms with Gasteiger partial charge in [-0.3, -0.25) is 9.59 Å². The highest BCUT2D eigenvalue weighted by Gasteiger charge is 2.42. The molecule has 1 aromatic heterocycles. The van der Waals surface area contributed by atoms with Crippen molar-refractivity contribution in [1.29, 1.82) is 0 Å². The number of dihydropyridines is 1. The van der Waals surface area contributed by atoms with Gasteiger partial charge in [0.1, 0.15) is 11.9 Å². The fraction of sp³-hybridized carbons (Fsp3) is 0.393. The summed E-state index contributed by atoms with van der Waals surface area (Å²) in [6.07, 6.45) is 4.93.